The molecule has 1 aromatic carbocycles. The van der Waals surface area contributed by atoms with Crippen molar-refractivity contribution in [2.24, 2.45) is 5.73 Å². The number of ether oxygens (including phenoxy) is 1. The van der Waals surface area contributed by atoms with Crippen LogP contribution in [-0.4, -0.2) is 11.6 Å². The third-order valence-corrected chi connectivity index (χ3v) is 4.50. The molecule has 104 valence electrons. The van der Waals surface area contributed by atoms with Gasteiger partial charge in [-0.05, 0) is 56.3 Å². The summed E-state index contributed by atoms with van der Waals surface area (Å²) in [7, 11) is 0. The van der Waals surface area contributed by atoms with Crippen LogP contribution in [0.15, 0.2) is 39.4 Å². The summed E-state index contributed by atoms with van der Waals surface area (Å²) in [5.41, 5.74) is 9.45. The molecule has 0 saturated carbocycles. The molecule has 0 radical (unpaired) electrons. The van der Waals surface area contributed by atoms with Crippen LogP contribution in [0.2, 0.25) is 0 Å². The lowest BCUT2D eigenvalue weighted by molar-refractivity contribution is 0.284. The lowest BCUT2D eigenvalue weighted by atomic mass is 9.96. The first-order chi connectivity index (χ1) is 9.66. The summed E-state index contributed by atoms with van der Waals surface area (Å²) in [5.74, 6) is 0.933. The van der Waals surface area contributed by atoms with Gasteiger partial charge >= 0.3 is 0 Å². The third-order valence-electron chi connectivity index (χ3n) is 3.43. The highest BCUT2D eigenvalue weighted by atomic mass is 79.9. The van der Waals surface area contributed by atoms with Gasteiger partial charge in [-0.1, -0.05) is 18.2 Å². The summed E-state index contributed by atoms with van der Waals surface area (Å²) in [6.07, 6.45) is 3.87. The second kappa shape index (κ2) is 5.84. The van der Waals surface area contributed by atoms with Gasteiger partial charge in [0.25, 0.3) is 0 Å². The fraction of sp³-hybridized carbons (Fsp3) is 0.267. The van der Waals surface area contributed by atoms with Crippen LogP contribution in [0, 0.1) is 0 Å². The Morgan fingerprint density at radius 2 is 2.15 bits per heavy atom. The molecule has 2 aromatic rings. The van der Waals surface area contributed by atoms with Gasteiger partial charge in [-0.25, -0.2) is 0 Å². The Morgan fingerprint density at radius 1 is 1.30 bits per heavy atom. The zero-order chi connectivity index (χ0) is 14.1. The number of rotatable bonds is 2. The Labute approximate surface area is 134 Å². The van der Waals surface area contributed by atoms with E-state index >= 15 is 0 Å². The van der Waals surface area contributed by atoms with Crippen LogP contribution in [-0.2, 0) is 6.42 Å². The number of para-hydroxylation sites is 1. The molecule has 0 saturated heterocycles. The van der Waals surface area contributed by atoms with Crippen molar-refractivity contribution in [2.45, 2.75) is 18.9 Å². The quantitative estimate of drug-likeness (QED) is 0.833. The minimum atomic E-state index is -0.300. The van der Waals surface area contributed by atoms with Gasteiger partial charge < -0.3 is 10.5 Å². The first-order valence-corrected chi connectivity index (χ1v) is 8.06. The SMILES string of the molecule is NC(c1cccc2c1OCCC2)c1ncc(Br)cc1Br. The fourth-order valence-electron chi connectivity index (χ4n) is 2.46. The molecule has 1 unspecified atom stereocenters. The molecule has 5 heteroatoms. The maximum absolute atomic E-state index is 6.40. The predicted molar refractivity (Wildman–Crippen MR) is 85.9 cm³/mol. The van der Waals surface area contributed by atoms with Crippen molar-refractivity contribution in [3.63, 3.8) is 0 Å². The van der Waals surface area contributed by atoms with Gasteiger partial charge in [0, 0.05) is 20.7 Å². The summed E-state index contributed by atoms with van der Waals surface area (Å²) in [6.45, 7) is 0.756. The summed E-state index contributed by atoms with van der Waals surface area (Å²) < 4.78 is 7.65. The highest BCUT2D eigenvalue weighted by Gasteiger charge is 2.22. The summed E-state index contributed by atoms with van der Waals surface area (Å²) in [6, 6.07) is 7.82. The van der Waals surface area contributed by atoms with Crippen molar-refractivity contribution in [3.8, 4) is 5.75 Å². The molecule has 2 N–H and O–H groups in total. The Bertz CT molecular complexity index is 646. The van der Waals surface area contributed by atoms with Crippen LogP contribution in [0.3, 0.4) is 0 Å². The van der Waals surface area contributed by atoms with Gasteiger partial charge in [0.2, 0.25) is 0 Å². The van der Waals surface area contributed by atoms with E-state index in [1.807, 2.05) is 18.2 Å². The van der Waals surface area contributed by atoms with E-state index in [1.165, 1.54) is 5.56 Å². The number of nitrogens with two attached hydrogens (primary N) is 1. The maximum atomic E-state index is 6.40. The molecule has 0 bridgehead atoms. The summed E-state index contributed by atoms with van der Waals surface area (Å²) in [5, 5.41) is 0. The van der Waals surface area contributed by atoms with Crippen LogP contribution < -0.4 is 10.5 Å². The number of aromatic nitrogens is 1. The van der Waals surface area contributed by atoms with E-state index in [1.54, 1.807) is 6.20 Å². The van der Waals surface area contributed by atoms with Crippen LogP contribution >= 0.6 is 31.9 Å². The first kappa shape index (κ1) is 14.0. The normalized spacial score (nSPS) is 15.3. The minimum Gasteiger partial charge on any atom is -0.493 e. The average Bonchev–Trinajstić information content (AvgIpc) is 2.46. The van der Waals surface area contributed by atoms with E-state index in [0.29, 0.717) is 0 Å². The Kier molecular flexibility index (Phi) is 4.10. The number of hydrogen-bond acceptors (Lipinski definition) is 3. The van der Waals surface area contributed by atoms with Gasteiger partial charge in [-0.2, -0.15) is 0 Å². The number of pyridine rings is 1. The van der Waals surface area contributed by atoms with E-state index < -0.39 is 0 Å². The zero-order valence-corrected chi connectivity index (χ0v) is 13.9. The van der Waals surface area contributed by atoms with Gasteiger partial charge in [-0.3, -0.25) is 4.98 Å². The Morgan fingerprint density at radius 3 is 2.95 bits per heavy atom. The summed E-state index contributed by atoms with van der Waals surface area (Å²) >= 11 is 6.93. The third kappa shape index (κ3) is 2.62. The molecule has 0 aliphatic carbocycles. The van der Waals surface area contributed by atoms with Crippen molar-refractivity contribution in [1.29, 1.82) is 0 Å². The predicted octanol–water partition coefficient (Wildman–Crippen LogP) is 3.98. The van der Waals surface area contributed by atoms with Gasteiger partial charge in [0.15, 0.2) is 0 Å². The molecule has 2 heterocycles. The highest BCUT2D eigenvalue weighted by Crippen LogP contribution is 2.36. The number of halogens is 2. The Hall–Kier alpha value is -0.910. The van der Waals surface area contributed by atoms with Crippen molar-refractivity contribution < 1.29 is 4.74 Å². The van der Waals surface area contributed by atoms with Crippen LogP contribution in [0.4, 0.5) is 0 Å². The van der Waals surface area contributed by atoms with Gasteiger partial charge in [-0.15, -0.1) is 0 Å². The molecular weight excluding hydrogens is 384 g/mol. The molecule has 0 amide bonds. The largest absolute Gasteiger partial charge is 0.493 e. The molecule has 20 heavy (non-hydrogen) atoms. The molecule has 1 aliphatic rings. The van der Waals surface area contributed by atoms with E-state index in [9.17, 15) is 0 Å². The first-order valence-electron chi connectivity index (χ1n) is 6.48. The standard InChI is InChI=1S/C15H14Br2N2O/c16-10-7-12(17)14(19-8-10)13(18)11-5-1-3-9-4-2-6-20-15(9)11/h1,3,5,7-8,13H,2,4,6,18H2. The lowest BCUT2D eigenvalue weighted by Crippen LogP contribution is -2.18. The monoisotopic (exact) mass is 396 g/mol. The van der Waals surface area contributed by atoms with Crippen LogP contribution in [0.25, 0.3) is 0 Å². The Balaban J connectivity index is 2.04. The smallest absolute Gasteiger partial charge is 0.127 e. The van der Waals surface area contributed by atoms with Crippen molar-refractivity contribution in [3.05, 3.63) is 56.2 Å². The highest BCUT2D eigenvalue weighted by molar-refractivity contribution is 9.11. The van der Waals surface area contributed by atoms with E-state index in [-0.39, 0.29) is 6.04 Å². The van der Waals surface area contributed by atoms with Crippen LogP contribution in [0.1, 0.15) is 29.3 Å². The second-order valence-electron chi connectivity index (χ2n) is 4.79. The van der Waals surface area contributed by atoms with Crippen molar-refractivity contribution >= 4 is 31.9 Å². The fourth-order valence-corrected chi connectivity index (χ4v) is 3.69. The lowest BCUT2D eigenvalue weighted by Gasteiger charge is -2.23. The van der Waals surface area contributed by atoms with Crippen LogP contribution in [0.5, 0.6) is 5.75 Å². The maximum Gasteiger partial charge on any atom is 0.127 e. The molecule has 1 aromatic heterocycles. The van der Waals surface area contributed by atoms with E-state index in [4.69, 9.17) is 10.5 Å². The number of fused-ring (bicyclic) bond motifs is 1. The average molecular weight is 398 g/mol. The number of nitrogens with zero attached hydrogens (tertiary/aromatic N) is 1. The minimum absolute atomic E-state index is 0.300. The number of benzene rings is 1. The molecular formula is C15H14Br2N2O. The molecule has 3 rings (SSSR count). The summed E-state index contributed by atoms with van der Waals surface area (Å²) in [4.78, 5) is 4.43. The zero-order valence-electron chi connectivity index (χ0n) is 10.8. The van der Waals surface area contributed by atoms with Crippen molar-refractivity contribution in [1.82, 2.24) is 4.98 Å². The topological polar surface area (TPSA) is 48.1 Å². The van der Waals surface area contributed by atoms with Gasteiger partial charge in [0.05, 0.1) is 18.3 Å². The number of hydrogen-bond donors (Lipinski definition) is 1. The van der Waals surface area contributed by atoms with E-state index in [2.05, 4.69) is 42.9 Å². The molecule has 1 aliphatic heterocycles. The van der Waals surface area contributed by atoms with Crippen molar-refractivity contribution in [2.75, 3.05) is 6.61 Å². The van der Waals surface area contributed by atoms with Gasteiger partial charge in [0.1, 0.15) is 5.75 Å². The molecule has 3 nitrogen and oxygen atoms in total. The second-order valence-corrected chi connectivity index (χ2v) is 6.56. The van der Waals surface area contributed by atoms with E-state index in [0.717, 1.165) is 45.4 Å². The number of aryl methyl sites for hydroxylation is 1. The molecule has 1 atom stereocenters. The molecule has 0 fully saturated rings. The molecule has 0 spiro atoms.